The third-order valence-corrected chi connectivity index (χ3v) is 5.43. The number of nitrogens with zero attached hydrogens (tertiary/aromatic N) is 2. The van der Waals surface area contributed by atoms with E-state index in [9.17, 15) is 18.0 Å². The second-order valence-corrected chi connectivity index (χ2v) is 8.44. The second-order valence-electron chi connectivity index (χ2n) is 7.52. The molecule has 34 heavy (non-hydrogen) atoms. The largest absolute Gasteiger partial charge is 0.489 e. The summed E-state index contributed by atoms with van der Waals surface area (Å²) in [4.78, 5) is 12.7. The molecule has 0 aliphatic heterocycles. The molecule has 0 radical (unpaired) electrons. The normalized spacial score (nSPS) is 11.3. The Labute approximate surface area is 202 Å². The first-order valence-electron chi connectivity index (χ1n) is 10.2. The van der Waals surface area contributed by atoms with Crippen molar-refractivity contribution in [2.75, 3.05) is 5.32 Å². The number of amides is 1. The van der Waals surface area contributed by atoms with Crippen molar-refractivity contribution in [2.45, 2.75) is 19.3 Å². The van der Waals surface area contributed by atoms with Crippen molar-refractivity contribution in [1.29, 1.82) is 0 Å². The molecule has 0 saturated carbocycles. The molecule has 4 rings (SSSR count). The van der Waals surface area contributed by atoms with Crippen LogP contribution in [-0.4, -0.2) is 15.7 Å². The van der Waals surface area contributed by atoms with E-state index < -0.39 is 11.7 Å². The molecule has 0 atom stereocenters. The van der Waals surface area contributed by atoms with E-state index >= 15 is 0 Å². The molecular formula is C25H19BrF3N3O2. The molecule has 0 aliphatic carbocycles. The summed E-state index contributed by atoms with van der Waals surface area (Å²) >= 11 is 3.37. The highest BCUT2D eigenvalue weighted by Crippen LogP contribution is 2.29. The van der Waals surface area contributed by atoms with Gasteiger partial charge in [-0.2, -0.15) is 18.3 Å². The maximum atomic E-state index is 12.9. The fourth-order valence-electron chi connectivity index (χ4n) is 3.25. The van der Waals surface area contributed by atoms with E-state index in [-0.39, 0.29) is 12.5 Å². The Hall–Kier alpha value is -3.59. The molecule has 0 unspecified atom stereocenters. The Balaban J connectivity index is 1.37. The van der Waals surface area contributed by atoms with Crippen molar-refractivity contribution >= 4 is 27.5 Å². The minimum atomic E-state index is -4.41. The molecule has 0 saturated heterocycles. The van der Waals surface area contributed by atoms with Crippen molar-refractivity contribution in [1.82, 2.24) is 9.78 Å². The van der Waals surface area contributed by atoms with Crippen LogP contribution in [0.15, 0.2) is 89.7 Å². The number of ether oxygens (including phenoxy) is 1. The molecule has 9 heteroatoms. The first kappa shape index (κ1) is 23.6. The molecule has 0 fully saturated rings. The number of carbonyl (C=O) groups is 1. The lowest BCUT2D eigenvalue weighted by Gasteiger charge is -2.09. The van der Waals surface area contributed by atoms with Crippen molar-refractivity contribution in [2.24, 2.45) is 0 Å². The second kappa shape index (κ2) is 10.1. The summed E-state index contributed by atoms with van der Waals surface area (Å²) in [5, 5.41) is 6.89. The summed E-state index contributed by atoms with van der Waals surface area (Å²) in [6, 6.07) is 19.6. The number of rotatable bonds is 7. The number of benzene rings is 3. The van der Waals surface area contributed by atoms with Gasteiger partial charge < -0.3 is 10.1 Å². The quantitative estimate of drug-likeness (QED) is 0.295. The lowest BCUT2D eigenvalue weighted by Crippen LogP contribution is -2.12. The van der Waals surface area contributed by atoms with Gasteiger partial charge in [-0.1, -0.05) is 40.2 Å². The maximum absolute atomic E-state index is 12.9. The topological polar surface area (TPSA) is 56.2 Å². The predicted octanol–water partition coefficient (Wildman–Crippen LogP) is 6.54. The molecule has 5 nitrogen and oxygen atoms in total. The number of aromatic nitrogens is 2. The van der Waals surface area contributed by atoms with Gasteiger partial charge in [0.25, 0.3) is 5.91 Å². The lowest BCUT2D eigenvalue weighted by molar-refractivity contribution is -0.137. The summed E-state index contributed by atoms with van der Waals surface area (Å²) < 4.78 is 46.9. The minimum absolute atomic E-state index is 0.142. The highest BCUT2D eigenvalue weighted by Gasteiger charge is 2.30. The summed E-state index contributed by atoms with van der Waals surface area (Å²) in [5.41, 5.74) is 1.45. The summed E-state index contributed by atoms with van der Waals surface area (Å²) in [5.74, 6) is 0.385. The van der Waals surface area contributed by atoms with Gasteiger partial charge in [0.1, 0.15) is 12.4 Å². The fourth-order valence-corrected chi connectivity index (χ4v) is 3.52. The van der Waals surface area contributed by atoms with Crippen LogP contribution in [-0.2, 0) is 19.3 Å². The van der Waals surface area contributed by atoms with Gasteiger partial charge in [-0.15, -0.1) is 0 Å². The zero-order valence-electron chi connectivity index (χ0n) is 17.7. The zero-order valence-corrected chi connectivity index (χ0v) is 19.3. The van der Waals surface area contributed by atoms with Gasteiger partial charge in [0.05, 0.1) is 24.0 Å². The molecule has 1 amide bonds. The third kappa shape index (κ3) is 6.26. The highest BCUT2D eigenvalue weighted by molar-refractivity contribution is 9.10. The number of alkyl halides is 3. The average molecular weight is 530 g/mol. The SMILES string of the molecule is O=C(Nc1cnn(Cc2cccc(C(F)(F)F)c2)c1)c1cccc(COc2ccc(Br)cc2)c1. The number of carbonyl (C=O) groups excluding carboxylic acids is 1. The average Bonchev–Trinajstić information content (AvgIpc) is 3.25. The van der Waals surface area contributed by atoms with Crippen LogP contribution < -0.4 is 10.1 Å². The van der Waals surface area contributed by atoms with Gasteiger partial charge in [0, 0.05) is 16.2 Å². The first-order chi connectivity index (χ1) is 16.3. The van der Waals surface area contributed by atoms with Gasteiger partial charge in [-0.25, -0.2) is 0 Å². The van der Waals surface area contributed by atoms with E-state index in [0.29, 0.717) is 29.2 Å². The molecule has 1 aromatic heterocycles. The van der Waals surface area contributed by atoms with Crippen molar-refractivity contribution in [3.05, 3.63) is 112 Å². The van der Waals surface area contributed by atoms with Gasteiger partial charge in [-0.3, -0.25) is 9.48 Å². The molecule has 0 aliphatic rings. The Morgan fingerprint density at radius 1 is 1.00 bits per heavy atom. The van der Waals surface area contributed by atoms with E-state index in [2.05, 4.69) is 26.3 Å². The number of hydrogen-bond acceptors (Lipinski definition) is 3. The molecule has 174 valence electrons. The van der Waals surface area contributed by atoms with Crippen molar-refractivity contribution in [3.63, 3.8) is 0 Å². The summed E-state index contributed by atoms with van der Waals surface area (Å²) in [6.45, 7) is 0.445. The molecular weight excluding hydrogens is 511 g/mol. The smallest absolute Gasteiger partial charge is 0.416 e. The molecule has 3 aromatic carbocycles. The third-order valence-electron chi connectivity index (χ3n) is 4.90. The first-order valence-corrected chi connectivity index (χ1v) is 11.0. The monoisotopic (exact) mass is 529 g/mol. The highest BCUT2D eigenvalue weighted by atomic mass is 79.9. The number of nitrogens with one attached hydrogen (secondary N) is 1. The van der Waals surface area contributed by atoms with E-state index in [0.717, 1.165) is 22.2 Å². The zero-order chi connectivity index (χ0) is 24.1. The number of anilines is 1. The number of hydrogen-bond donors (Lipinski definition) is 1. The maximum Gasteiger partial charge on any atom is 0.416 e. The Bertz CT molecular complexity index is 1290. The van der Waals surface area contributed by atoms with Gasteiger partial charge in [0.15, 0.2) is 0 Å². The van der Waals surface area contributed by atoms with Crippen LogP contribution in [0, 0.1) is 0 Å². The van der Waals surface area contributed by atoms with E-state index in [1.807, 2.05) is 30.3 Å². The van der Waals surface area contributed by atoms with Crippen LogP contribution in [0.2, 0.25) is 0 Å². The van der Waals surface area contributed by atoms with Gasteiger partial charge in [0.2, 0.25) is 0 Å². The van der Waals surface area contributed by atoms with Crippen LogP contribution in [0.5, 0.6) is 5.75 Å². The molecule has 0 spiro atoms. The van der Waals surface area contributed by atoms with Crippen molar-refractivity contribution in [3.8, 4) is 5.75 Å². The number of halogens is 4. The van der Waals surface area contributed by atoms with E-state index in [4.69, 9.17) is 4.74 Å². The van der Waals surface area contributed by atoms with Crippen LogP contribution in [0.1, 0.15) is 27.0 Å². The van der Waals surface area contributed by atoms with Crippen LogP contribution in [0.3, 0.4) is 0 Å². The standard InChI is InChI=1S/C25H19BrF3N3O2/c26-21-7-9-23(10-8-21)34-16-18-4-1-5-19(11-18)24(33)31-22-13-30-32(15-22)14-17-3-2-6-20(12-17)25(27,28)29/h1-13,15H,14,16H2,(H,31,33). The van der Waals surface area contributed by atoms with Crippen LogP contribution in [0.4, 0.5) is 18.9 Å². The summed E-state index contributed by atoms with van der Waals surface area (Å²) in [6.07, 6.45) is -1.39. The summed E-state index contributed by atoms with van der Waals surface area (Å²) in [7, 11) is 0. The lowest BCUT2D eigenvalue weighted by atomic mass is 10.1. The Morgan fingerprint density at radius 2 is 1.74 bits per heavy atom. The fraction of sp³-hybridized carbons (Fsp3) is 0.120. The van der Waals surface area contributed by atoms with E-state index in [1.54, 1.807) is 30.5 Å². The molecule has 4 aromatic rings. The molecule has 1 heterocycles. The van der Waals surface area contributed by atoms with E-state index in [1.165, 1.54) is 16.9 Å². The Kier molecular flexibility index (Phi) is 7.02. The Morgan fingerprint density at radius 3 is 2.50 bits per heavy atom. The predicted molar refractivity (Wildman–Crippen MR) is 126 cm³/mol. The van der Waals surface area contributed by atoms with Crippen LogP contribution in [0.25, 0.3) is 0 Å². The minimum Gasteiger partial charge on any atom is -0.489 e. The van der Waals surface area contributed by atoms with Crippen molar-refractivity contribution < 1.29 is 22.7 Å². The molecule has 0 bridgehead atoms. The molecule has 1 N–H and O–H groups in total. The van der Waals surface area contributed by atoms with Gasteiger partial charge in [-0.05, 0) is 59.7 Å². The van der Waals surface area contributed by atoms with Gasteiger partial charge >= 0.3 is 6.18 Å². The van der Waals surface area contributed by atoms with Crippen LogP contribution >= 0.6 is 15.9 Å².